The zero-order chi connectivity index (χ0) is 18.8. The average molecular weight is 373 g/mol. The van der Waals surface area contributed by atoms with Gasteiger partial charge < -0.3 is 14.5 Å². The number of carbonyl (C=O) groups excluding carboxylic acids is 1. The molecule has 7 nitrogen and oxygen atoms in total. The summed E-state index contributed by atoms with van der Waals surface area (Å²) < 4.78 is 32.2. The van der Waals surface area contributed by atoms with Crippen LogP contribution in [0.15, 0.2) is 36.4 Å². The summed E-state index contributed by atoms with van der Waals surface area (Å²) in [7, 11) is 0. The maximum atomic E-state index is 13.8. The smallest absolute Gasteiger partial charge is 0.250 e. The molecule has 2 aliphatic heterocycles. The van der Waals surface area contributed by atoms with Crippen LogP contribution >= 0.6 is 0 Å². The monoisotopic (exact) mass is 373 g/mol. The third-order valence-electron chi connectivity index (χ3n) is 4.56. The summed E-state index contributed by atoms with van der Waals surface area (Å²) >= 11 is 0. The predicted octanol–water partition coefficient (Wildman–Crippen LogP) is 1.71. The number of rotatable bonds is 2. The van der Waals surface area contributed by atoms with E-state index in [1.54, 1.807) is 4.90 Å². The van der Waals surface area contributed by atoms with Gasteiger partial charge in [-0.05, 0) is 6.42 Å². The van der Waals surface area contributed by atoms with Gasteiger partial charge in [0.05, 0.1) is 31.7 Å². The van der Waals surface area contributed by atoms with Crippen LogP contribution in [0.2, 0.25) is 0 Å². The molecule has 9 heteroatoms. The van der Waals surface area contributed by atoms with Gasteiger partial charge in [0, 0.05) is 30.4 Å². The number of pyridine rings is 1. The molecule has 0 fully saturated rings. The van der Waals surface area contributed by atoms with E-state index < -0.39 is 11.6 Å². The van der Waals surface area contributed by atoms with E-state index in [1.807, 2.05) is 11.0 Å². The molecule has 0 spiro atoms. The van der Waals surface area contributed by atoms with Crippen molar-refractivity contribution in [3.8, 4) is 5.75 Å². The number of amides is 1. The van der Waals surface area contributed by atoms with Crippen LogP contribution in [-0.4, -0.2) is 52.0 Å². The van der Waals surface area contributed by atoms with Gasteiger partial charge in [-0.15, -0.1) is 0 Å². The SMILES string of the molecule is O=C(C1=CCN(c2ncc(F)cn2)CC1)N1CCOc2c(F)cncc2C1. The van der Waals surface area contributed by atoms with Gasteiger partial charge in [0.1, 0.15) is 6.61 Å². The first-order valence-corrected chi connectivity index (χ1v) is 8.58. The highest BCUT2D eigenvalue weighted by molar-refractivity contribution is 5.94. The molecular weight excluding hydrogens is 356 g/mol. The van der Waals surface area contributed by atoms with Crippen LogP contribution in [0.25, 0.3) is 0 Å². The highest BCUT2D eigenvalue weighted by atomic mass is 19.1. The molecular formula is C18H17F2N5O2. The van der Waals surface area contributed by atoms with Crippen LogP contribution in [0.4, 0.5) is 14.7 Å². The first-order chi connectivity index (χ1) is 13.1. The summed E-state index contributed by atoms with van der Waals surface area (Å²) in [6.45, 7) is 1.86. The van der Waals surface area contributed by atoms with Crippen molar-refractivity contribution in [1.29, 1.82) is 0 Å². The normalized spacial score (nSPS) is 16.9. The number of carbonyl (C=O) groups is 1. The fourth-order valence-electron chi connectivity index (χ4n) is 3.17. The molecule has 0 atom stereocenters. The second-order valence-corrected chi connectivity index (χ2v) is 6.31. The number of nitrogens with zero attached hydrogens (tertiary/aromatic N) is 5. The Morgan fingerprint density at radius 3 is 2.67 bits per heavy atom. The highest BCUT2D eigenvalue weighted by Gasteiger charge is 2.26. The lowest BCUT2D eigenvalue weighted by Crippen LogP contribution is -2.37. The molecule has 0 aromatic carbocycles. The zero-order valence-electron chi connectivity index (χ0n) is 14.4. The molecule has 0 saturated heterocycles. The molecule has 0 aliphatic carbocycles. The Hall–Kier alpha value is -3.10. The van der Waals surface area contributed by atoms with Crippen LogP contribution in [0.5, 0.6) is 5.75 Å². The molecule has 1 amide bonds. The van der Waals surface area contributed by atoms with Crippen molar-refractivity contribution in [1.82, 2.24) is 19.9 Å². The van der Waals surface area contributed by atoms with E-state index in [0.717, 1.165) is 18.6 Å². The Kier molecular flexibility index (Phi) is 4.66. The second-order valence-electron chi connectivity index (χ2n) is 6.31. The lowest BCUT2D eigenvalue weighted by Gasteiger charge is -2.28. The van der Waals surface area contributed by atoms with Crippen molar-refractivity contribution < 1.29 is 18.3 Å². The topological polar surface area (TPSA) is 71.5 Å². The Morgan fingerprint density at radius 2 is 1.93 bits per heavy atom. The number of fused-ring (bicyclic) bond motifs is 1. The van der Waals surface area contributed by atoms with Crippen LogP contribution in [0.1, 0.15) is 12.0 Å². The fraction of sp³-hybridized carbons (Fsp3) is 0.333. The lowest BCUT2D eigenvalue weighted by atomic mass is 10.1. The number of hydrogen-bond donors (Lipinski definition) is 0. The van der Waals surface area contributed by atoms with Crippen LogP contribution < -0.4 is 9.64 Å². The molecule has 0 bridgehead atoms. The Labute approximate surface area is 154 Å². The molecule has 0 unspecified atom stereocenters. The molecule has 2 aromatic heterocycles. The molecule has 2 aliphatic rings. The molecule has 2 aromatic rings. The number of ether oxygens (including phenoxy) is 1. The van der Waals surface area contributed by atoms with E-state index >= 15 is 0 Å². The minimum atomic E-state index is -0.520. The Bertz CT molecular complexity index is 888. The first-order valence-electron chi connectivity index (χ1n) is 8.58. The number of halogens is 2. The van der Waals surface area contributed by atoms with Crippen molar-refractivity contribution in [3.05, 3.63) is 53.6 Å². The van der Waals surface area contributed by atoms with E-state index in [-0.39, 0.29) is 24.8 Å². The van der Waals surface area contributed by atoms with Gasteiger partial charge in [0.2, 0.25) is 11.9 Å². The lowest BCUT2D eigenvalue weighted by molar-refractivity contribution is -0.128. The van der Waals surface area contributed by atoms with Gasteiger partial charge in [0.15, 0.2) is 17.4 Å². The van der Waals surface area contributed by atoms with Gasteiger partial charge in [-0.2, -0.15) is 0 Å². The van der Waals surface area contributed by atoms with Gasteiger partial charge in [-0.1, -0.05) is 6.08 Å². The van der Waals surface area contributed by atoms with Gasteiger partial charge in [-0.25, -0.2) is 18.7 Å². The number of aromatic nitrogens is 3. The van der Waals surface area contributed by atoms with Crippen LogP contribution in [0, 0.1) is 11.6 Å². The molecule has 0 saturated carbocycles. The molecule has 4 heterocycles. The maximum Gasteiger partial charge on any atom is 0.250 e. The largest absolute Gasteiger partial charge is 0.488 e. The van der Waals surface area contributed by atoms with Crippen molar-refractivity contribution in [2.24, 2.45) is 0 Å². The Morgan fingerprint density at radius 1 is 1.11 bits per heavy atom. The fourth-order valence-corrected chi connectivity index (χ4v) is 3.17. The zero-order valence-corrected chi connectivity index (χ0v) is 14.4. The van der Waals surface area contributed by atoms with Gasteiger partial charge >= 0.3 is 0 Å². The number of hydrogen-bond acceptors (Lipinski definition) is 6. The number of anilines is 1. The molecule has 4 rings (SSSR count). The molecule has 27 heavy (non-hydrogen) atoms. The summed E-state index contributed by atoms with van der Waals surface area (Å²) in [5.74, 6) is -0.517. The average Bonchev–Trinajstić information content (AvgIpc) is 2.92. The molecule has 0 N–H and O–H groups in total. The summed E-state index contributed by atoms with van der Waals surface area (Å²) in [5, 5.41) is 0. The summed E-state index contributed by atoms with van der Waals surface area (Å²) in [4.78, 5) is 28.2. The summed E-state index contributed by atoms with van der Waals surface area (Å²) in [6.07, 6.45) is 7.21. The quantitative estimate of drug-likeness (QED) is 0.798. The molecule has 140 valence electrons. The van der Waals surface area contributed by atoms with E-state index in [2.05, 4.69) is 15.0 Å². The first kappa shape index (κ1) is 17.3. The van der Waals surface area contributed by atoms with Crippen LogP contribution in [-0.2, 0) is 11.3 Å². The van der Waals surface area contributed by atoms with Gasteiger partial charge in [-0.3, -0.25) is 9.78 Å². The highest BCUT2D eigenvalue weighted by Crippen LogP contribution is 2.26. The molecule has 0 radical (unpaired) electrons. The predicted molar refractivity (Wildman–Crippen MR) is 92.0 cm³/mol. The summed E-state index contributed by atoms with van der Waals surface area (Å²) in [6, 6.07) is 0. The van der Waals surface area contributed by atoms with Crippen molar-refractivity contribution in [3.63, 3.8) is 0 Å². The second kappa shape index (κ2) is 7.26. The summed E-state index contributed by atoms with van der Waals surface area (Å²) in [5.41, 5.74) is 1.24. The van der Waals surface area contributed by atoms with E-state index in [0.29, 0.717) is 43.1 Å². The van der Waals surface area contributed by atoms with Crippen molar-refractivity contribution in [2.75, 3.05) is 31.1 Å². The van der Waals surface area contributed by atoms with Crippen molar-refractivity contribution >= 4 is 11.9 Å². The van der Waals surface area contributed by atoms with Gasteiger partial charge in [0.25, 0.3) is 0 Å². The van der Waals surface area contributed by atoms with Crippen molar-refractivity contribution in [2.45, 2.75) is 13.0 Å². The maximum absolute atomic E-state index is 13.8. The third-order valence-corrected chi connectivity index (χ3v) is 4.56. The minimum Gasteiger partial charge on any atom is -0.488 e. The Balaban J connectivity index is 1.46. The third kappa shape index (κ3) is 3.57. The standard InChI is InChI=1S/C18H17F2N5O2/c19-14-8-22-18(23-9-14)24-3-1-12(2-4-24)17(26)25-5-6-27-16-13(11-25)7-21-10-15(16)20/h1,7-10H,2-6,11H2. The van der Waals surface area contributed by atoms with E-state index in [1.165, 1.54) is 6.20 Å². The van der Waals surface area contributed by atoms with Crippen LogP contribution in [0.3, 0.4) is 0 Å². The van der Waals surface area contributed by atoms with E-state index in [9.17, 15) is 13.6 Å². The van der Waals surface area contributed by atoms with E-state index in [4.69, 9.17) is 4.74 Å². The minimum absolute atomic E-state index is 0.101.